The molecule has 33 heavy (non-hydrogen) atoms. The summed E-state index contributed by atoms with van der Waals surface area (Å²) in [4.78, 5) is 10.9. The predicted octanol–water partition coefficient (Wildman–Crippen LogP) is 4.50. The van der Waals surface area contributed by atoms with Crippen LogP contribution in [0.1, 0.15) is 18.9 Å². The first-order chi connectivity index (χ1) is 16.2. The van der Waals surface area contributed by atoms with Gasteiger partial charge in [0.15, 0.2) is 5.65 Å². The van der Waals surface area contributed by atoms with Gasteiger partial charge in [-0.25, -0.2) is 14.6 Å². The van der Waals surface area contributed by atoms with Gasteiger partial charge in [-0.05, 0) is 55.3 Å². The highest BCUT2D eigenvalue weighted by Gasteiger charge is 2.26. The fraction of sp³-hybridized carbons (Fsp3) is 0.240. The number of aliphatic hydroxyl groups is 1. The number of piperidine rings is 1. The number of anilines is 2. The zero-order valence-corrected chi connectivity index (χ0v) is 18.2. The SMILES string of the molecule is C=CC(O)N1CCCC(n2ncc3c(Nc4ccc(Oc5ccccc5)cc4)ncnc32)C1. The first kappa shape index (κ1) is 21.1. The van der Waals surface area contributed by atoms with E-state index < -0.39 is 6.23 Å². The number of aromatic nitrogens is 4. The number of rotatable bonds is 7. The second-order valence-corrected chi connectivity index (χ2v) is 8.05. The van der Waals surface area contributed by atoms with Gasteiger partial charge in [-0.15, -0.1) is 0 Å². The summed E-state index contributed by atoms with van der Waals surface area (Å²) in [6, 6.07) is 17.5. The van der Waals surface area contributed by atoms with Crippen LogP contribution in [-0.4, -0.2) is 49.1 Å². The minimum atomic E-state index is -0.643. The van der Waals surface area contributed by atoms with Gasteiger partial charge in [0.1, 0.15) is 29.9 Å². The van der Waals surface area contributed by atoms with Crippen molar-refractivity contribution in [1.82, 2.24) is 24.6 Å². The van der Waals surface area contributed by atoms with Crippen molar-refractivity contribution >= 4 is 22.5 Å². The maximum atomic E-state index is 10.2. The summed E-state index contributed by atoms with van der Waals surface area (Å²) in [6.07, 6.45) is 6.22. The molecule has 2 N–H and O–H groups in total. The average molecular weight is 443 g/mol. The number of hydrogen-bond acceptors (Lipinski definition) is 7. The Bertz CT molecular complexity index is 1220. The van der Waals surface area contributed by atoms with Crippen molar-refractivity contribution in [2.75, 3.05) is 18.4 Å². The van der Waals surface area contributed by atoms with E-state index in [-0.39, 0.29) is 6.04 Å². The molecule has 0 amide bonds. The number of ether oxygens (including phenoxy) is 1. The van der Waals surface area contributed by atoms with Crippen molar-refractivity contribution in [2.24, 2.45) is 0 Å². The van der Waals surface area contributed by atoms with Crippen LogP contribution in [0, 0.1) is 0 Å². The third kappa shape index (κ3) is 4.57. The van der Waals surface area contributed by atoms with E-state index in [1.807, 2.05) is 64.2 Å². The van der Waals surface area contributed by atoms with Crippen molar-refractivity contribution in [3.8, 4) is 11.5 Å². The molecule has 0 saturated carbocycles. The number of aliphatic hydroxyl groups excluding tert-OH is 1. The number of para-hydroxylation sites is 1. The number of likely N-dealkylation sites (tertiary alicyclic amines) is 1. The molecule has 1 saturated heterocycles. The average Bonchev–Trinajstić information content (AvgIpc) is 3.31. The second-order valence-electron chi connectivity index (χ2n) is 8.05. The third-order valence-corrected chi connectivity index (χ3v) is 5.85. The van der Waals surface area contributed by atoms with Gasteiger partial charge < -0.3 is 15.2 Å². The van der Waals surface area contributed by atoms with Gasteiger partial charge in [-0.1, -0.05) is 24.8 Å². The van der Waals surface area contributed by atoms with Crippen LogP contribution in [0.2, 0.25) is 0 Å². The van der Waals surface area contributed by atoms with Crippen LogP contribution in [0.5, 0.6) is 11.5 Å². The van der Waals surface area contributed by atoms with Gasteiger partial charge in [0, 0.05) is 18.8 Å². The maximum Gasteiger partial charge on any atom is 0.163 e. The summed E-state index contributed by atoms with van der Waals surface area (Å²) in [7, 11) is 0. The van der Waals surface area contributed by atoms with Crippen molar-refractivity contribution in [3.05, 3.63) is 79.8 Å². The lowest BCUT2D eigenvalue weighted by Gasteiger charge is -2.34. The molecular formula is C25H26N6O2. The van der Waals surface area contributed by atoms with Gasteiger partial charge in [-0.2, -0.15) is 5.10 Å². The molecular weight excluding hydrogens is 416 g/mol. The zero-order chi connectivity index (χ0) is 22.6. The molecule has 5 rings (SSSR count). The van der Waals surface area contributed by atoms with Crippen LogP contribution in [0.25, 0.3) is 11.0 Å². The minimum absolute atomic E-state index is 0.128. The summed E-state index contributed by atoms with van der Waals surface area (Å²) < 4.78 is 7.81. The number of hydrogen-bond donors (Lipinski definition) is 2. The van der Waals surface area contributed by atoms with Crippen LogP contribution in [0.15, 0.2) is 79.8 Å². The Hall–Kier alpha value is -3.75. The summed E-state index contributed by atoms with van der Waals surface area (Å²) in [5.74, 6) is 2.25. The van der Waals surface area contributed by atoms with Crippen LogP contribution >= 0.6 is 0 Å². The van der Waals surface area contributed by atoms with E-state index >= 15 is 0 Å². The van der Waals surface area contributed by atoms with E-state index in [0.717, 1.165) is 47.6 Å². The highest BCUT2D eigenvalue weighted by Crippen LogP contribution is 2.29. The Labute approximate surface area is 192 Å². The largest absolute Gasteiger partial charge is 0.457 e. The standard InChI is InChI=1S/C25H26N6O2/c1-2-23(32)30-14-6-7-19(16-30)31-25-22(15-28-31)24(26-17-27-25)29-18-10-12-21(13-11-18)33-20-8-4-3-5-9-20/h2-5,8-13,15,17,19,23,32H,1,6-7,14,16H2,(H,26,27,29). The second kappa shape index (κ2) is 9.40. The van der Waals surface area contributed by atoms with E-state index in [4.69, 9.17) is 4.74 Å². The summed E-state index contributed by atoms with van der Waals surface area (Å²) >= 11 is 0. The molecule has 1 aliphatic heterocycles. The smallest absolute Gasteiger partial charge is 0.163 e. The molecule has 0 bridgehead atoms. The summed E-state index contributed by atoms with van der Waals surface area (Å²) in [5, 5.41) is 19.0. The quantitative estimate of drug-likeness (QED) is 0.407. The fourth-order valence-electron chi connectivity index (χ4n) is 4.17. The molecule has 0 radical (unpaired) electrons. The van der Waals surface area contributed by atoms with Gasteiger partial charge in [0.05, 0.1) is 17.6 Å². The number of fused-ring (bicyclic) bond motifs is 1. The lowest BCUT2D eigenvalue weighted by molar-refractivity contribution is 0.0126. The Balaban J connectivity index is 1.33. The normalized spacial score (nSPS) is 17.5. The Morgan fingerprint density at radius 2 is 1.88 bits per heavy atom. The first-order valence-corrected chi connectivity index (χ1v) is 11.0. The van der Waals surface area contributed by atoms with Gasteiger partial charge in [0.2, 0.25) is 0 Å². The molecule has 2 aromatic carbocycles. The van der Waals surface area contributed by atoms with E-state index in [9.17, 15) is 5.11 Å². The van der Waals surface area contributed by atoms with Gasteiger partial charge in [0.25, 0.3) is 0 Å². The van der Waals surface area contributed by atoms with E-state index in [0.29, 0.717) is 12.4 Å². The van der Waals surface area contributed by atoms with Crippen molar-refractivity contribution in [1.29, 1.82) is 0 Å². The number of benzene rings is 2. The van der Waals surface area contributed by atoms with Crippen LogP contribution in [0.3, 0.4) is 0 Å². The van der Waals surface area contributed by atoms with Crippen LogP contribution in [-0.2, 0) is 0 Å². The van der Waals surface area contributed by atoms with E-state index in [2.05, 4.69) is 27.0 Å². The third-order valence-electron chi connectivity index (χ3n) is 5.85. The van der Waals surface area contributed by atoms with Crippen LogP contribution in [0.4, 0.5) is 11.5 Å². The number of nitrogens with one attached hydrogen (secondary N) is 1. The van der Waals surface area contributed by atoms with Gasteiger partial charge in [-0.3, -0.25) is 4.90 Å². The molecule has 3 heterocycles. The van der Waals surface area contributed by atoms with Crippen molar-refractivity contribution in [3.63, 3.8) is 0 Å². The van der Waals surface area contributed by atoms with Gasteiger partial charge >= 0.3 is 0 Å². The lowest BCUT2D eigenvalue weighted by Crippen LogP contribution is -2.42. The summed E-state index contributed by atoms with van der Waals surface area (Å²) in [5.41, 5.74) is 1.66. The Kier molecular flexibility index (Phi) is 6.01. The molecule has 2 atom stereocenters. The molecule has 0 spiro atoms. The summed E-state index contributed by atoms with van der Waals surface area (Å²) in [6.45, 7) is 5.24. The molecule has 2 aromatic heterocycles. The topological polar surface area (TPSA) is 88.3 Å². The monoisotopic (exact) mass is 442 g/mol. The molecule has 8 heteroatoms. The molecule has 0 aliphatic carbocycles. The van der Waals surface area contributed by atoms with Crippen LogP contribution < -0.4 is 10.1 Å². The minimum Gasteiger partial charge on any atom is -0.457 e. The zero-order valence-electron chi connectivity index (χ0n) is 18.2. The fourth-order valence-corrected chi connectivity index (χ4v) is 4.17. The van der Waals surface area contributed by atoms with E-state index in [1.54, 1.807) is 18.6 Å². The molecule has 8 nitrogen and oxygen atoms in total. The molecule has 1 fully saturated rings. The first-order valence-electron chi connectivity index (χ1n) is 11.0. The lowest BCUT2D eigenvalue weighted by atomic mass is 10.1. The van der Waals surface area contributed by atoms with Crippen molar-refractivity contribution < 1.29 is 9.84 Å². The molecule has 1 aliphatic rings. The van der Waals surface area contributed by atoms with E-state index in [1.165, 1.54) is 0 Å². The highest BCUT2D eigenvalue weighted by molar-refractivity contribution is 5.88. The molecule has 2 unspecified atom stereocenters. The molecule has 168 valence electrons. The Morgan fingerprint density at radius 1 is 1.09 bits per heavy atom. The van der Waals surface area contributed by atoms with Crippen molar-refractivity contribution in [2.45, 2.75) is 25.1 Å². The Morgan fingerprint density at radius 3 is 2.67 bits per heavy atom. The predicted molar refractivity (Wildman–Crippen MR) is 128 cm³/mol. The number of nitrogens with zero attached hydrogens (tertiary/aromatic N) is 5. The molecule has 4 aromatic rings. The maximum absolute atomic E-state index is 10.2. The highest BCUT2D eigenvalue weighted by atomic mass is 16.5.